The molecule has 0 heterocycles. The van der Waals surface area contributed by atoms with Gasteiger partial charge in [-0.05, 0) is 18.2 Å². The Kier molecular flexibility index (Phi) is 3.30. The van der Waals surface area contributed by atoms with Gasteiger partial charge in [0.25, 0.3) is 0 Å². The number of terminal acetylenes is 1. The molecule has 10 heavy (non-hydrogen) atoms. The van der Waals surface area contributed by atoms with Crippen LogP contribution in [0.2, 0.25) is 0 Å². The predicted octanol–water partition coefficient (Wildman–Crippen LogP) is 0.869. The summed E-state index contributed by atoms with van der Waals surface area (Å²) in [4.78, 5) is 0. The summed E-state index contributed by atoms with van der Waals surface area (Å²) in [6, 6.07) is 7.25. The summed E-state index contributed by atoms with van der Waals surface area (Å²) in [5, 5.41) is 0. The normalized spacial score (nSPS) is 7.50. The van der Waals surface area contributed by atoms with Crippen molar-refractivity contribution in [3.05, 3.63) is 29.8 Å². The number of nitrogen functional groups attached to an aromatic ring is 1. The van der Waals surface area contributed by atoms with Gasteiger partial charge in [0.05, 0.1) is 0 Å². The highest BCUT2D eigenvalue weighted by Crippen LogP contribution is 2.03. The molecule has 0 amide bonds. The van der Waals surface area contributed by atoms with Crippen molar-refractivity contribution in [1.29, 1.82) is 0 Å². The minimum Gasteiger partial charge on any atom is -0.399 e. The number of anilines is 1. The van der Waals surface area contributed by atoms with Gasteiger partial charge in [0.2, 0.25) is 0 Å². The first kappa shape index (κ1) is 8.80. The van der Waals surface area contributed by atoms with Crippen molar-refractivity contribution < 1.29 is 0 Å². The van der Waals surface area contributed by atoms with Crippen molar-refractivity contribution in [3.8, 4) is 12.3 Å². The van der Waals surface area contributed by atoms with E-state index in [0.29, 0.717) is 5.69 Å². The highest BCUT2D eigenvalue weighted by molar-refractivity contribution is 5.75. The second-order valence-electron chi connectivity index (χ2n) is 1.77. The molecule has 0 fully saturated rings. The standard InChI is InChI=1S/C8H7N.Si/c1-2-7-4-3-5-8(9)6-7;/h1,3-6H,9H2;. The van der Waals surface area contributed by atoms with Crippen LogP contribution in [0.25, 0.3) is 0 Å². The molecule has 0 saturated heterocycles. The van der Waals surface area contributed by atoms with Gasteiger partial charge >= 0.3 is 0 Å². The van der Waals surface area contributed by atoms with Crippen LogP contribution in [0.15, 0.2) is 24.3 Å². The summed E-state index contributed by atoms with van der Waals surface area (Å²) in [5.41, 5.74) is 6.98. The quantitative estimate of drug-likeness (QED) is 0.327. The lowest BCUT2D eigenvalue weighted by molar-refractivity contribution is 1.64. The molecule has 1 rings (SSSR count). The molecule has 4 radical (unpaired) electrons. The molecule has 0 saturated carbocycles. The van der Waals surface area contributed by atoms with E-state index in [0.717, 1.165) is 5.56 Å². The first-order chi connectivity index (χ1) is 4.33. The summed E-state index contributed by atoms with van der Waals surface area (Å²) < 4.78 is 0. The maximum Gasteiger partial charge on any atom is 0.0326 e. The average Bonchev–Trinajstić information content (AvgIpc) is 1.88. The first-order valence-electron chi connectivity index (χ1n) is 2.65. The molecule has 48 valence electrons. The van der Waals surface area contributed by atoms with Crippen LogP contribution in [-0.4, -0.2) is 11.0 Å². The van der Waals surface area contributed by atoms with Gasteiger partial charge in [-0.2, -0.15) is 0 Å². The zero-order valence-corrected chi connectivity index (χ0v) is 6.46. The Labute approximate surface area is 65.3 Å². The summed E-state index contributed by atoms with van der Waals surface area (Å²) in [7, 11) is 0. The van der Waals surface area contributed by atoms with Crippen LogP contribution in [0.4, 0.5) is 5.69 Å². The smallest absolute Gasteiger partial charge is 0.0326 e. The lowest BCUT2D eigenvalue weighted by atomic mass is 10.2. The molecule has 1 aromatic carbocycles. The van der Waals surface area contributed by atoms with Gasteiger partial charge in [-0.3, -0.25) is 0 Å². The van der Waals surface area contributed by atoms with Gasteiger partial charge in [0.1, 0.15) is 0 Å². The van der Waals surface area contributed by atoms with Gasteiger partial charge in [0.15, 0.2) is 0 Å². The van der Waals surface area contributed by atoms with Crippen LogP contribution in [0.1, 0.15) is 5.56 Å². The van der Waals surface area contributed by atoms with E-state index in [-0.39, 0.29) is 11.0 Å². The highest BCUT2D eigenvalue weighted by atomic mass is 28.1. The number of hydrogen-bond donors (Lipinski definition) is 1. The van der Waals surface area contributed by atoms with Crippen molar-refractivity contribution in [3.63, 3.8) is 0 Å². The molecular weight excluding hydrogens is 138 g/mol. The van der Waals surface area contributed by atoms with Crippen molar-refractivity contribution in [1.82, 2.24) is 0 Å². The highest BCUT2D eigenvalue weighted by Gasteiger charge is 1.84. The number of benzene rings is 1. The minimum atomic E-state index is 0. The van der Waals surface area contributed by atoms with E-state index >= 15 is 0 Å². The van der Waals surface area contributed by atoms with Gasteiger partial charge < -0.3 is 5.73 Å². The molecule has 0 atom stereocenters. The Bertz CT molecular complexity index is 250. The lowest BCUT2D eigenvalue weighted by Gasteiger charge is -1.90. The Morgan fingerprint density at radius 1 is 1.40 bits per heavy atom. The SMILES string of the molecule is C#Cc1cccc(N)c1.[Si]. The zero-order chi connectivity index (χ0) is 6.69. The van der Waals surface area contributed by atoms with Crippen molar-refractivity contribution in [2.45, 2.75) is 0 Å². The molecule has 2 N–H and O–H groups in total. The van der Waals surface area contributed by atoms with Crippen LogP contribution in [-0.2, 0) is 0 Å². The Morgan fingerprint density at radius 2 is 2.10 bits per heavy atom. The molecule has 0 unspecified atom stereocenters. The van der Waals surface area contributed by atoms with Gasteiger partial charge in [-0.25, -0.2) is 0 Å². The van der Waals surface area contributed by atoms with Crippen LogP contribution in [0, 0.1) is 12.3 Å². The molecule has 0 aliphatic rings. The summed E-state index contributed by atoms with van der Waals surface area (Å²) in [6.07, 6.45) is 5.11. The van der Waals surface area contributed by atoms with E-state index in [1.54, 1.807) is 12.1 Å². The number of nitrogens with two attached hydrogens (primary N) is 1. The molecule has 0 aliphatic carbocycles. The Balaban J connectivity index is 0.000000810. The maximum absolute atomic E-state index is 5.44. The van der Waals surface area contributed by atoms with Gasteiger partial charge in [-0.15, -0.1) is 6.42 Å². The van der Waals surface area contributed by atoms with Crippen LogP contribution < -0.4 is 5.73 Å². The fraction of sp³-hybridized carbons (Fsp3) is 0. The monoisotopic (exact) mass is 145 g/mol. The Hall–Kier alpha value is -1.20. The van der Waals surface area contributed by atoms with E-state index < -0.39 is 0 Å². The van der Waals surface area contributed by atoms with Gasteiger partial charge in [-0.1, -0.05) is 12.0 Å². The fourth-order valence-corrected chi connectivity index (χ4v) is 0.628. The average molecular weight is 145 g/mol. The summed E-state index contributed by atoms with van der Waals surface area (Å²) in [5.74, 6) is 2.49. The predicted molar refractivity (Wildman–Crippen MR) is 44.5 cm³/mol. The van der Waals surface area contributed by atoms with Crippen molar-refractivity contribution in [2.24, 2.45) is 0 Å². The van der Waals surface area contributed by atoms with Crippen molar-refractivity contribution in [2.75, 3.05) is 5.73 Å². The van der Waals surface area contributed by atoms with E-state index in [9.17, 15) is 0 Å². The maximum atomic E-state index is 5.44. The molecule has 0 aliphatic heterocycles. The van der Waals surface area contributed by atoms with Crippen molar-refractivity contribution >= 4 is 16.7 Å². The minimum absolute atomic E-state index is 0. The summed E-state index contributed by atoms with van der Waals surface area (Å²) in [6.45, 7) is 0. The van der Waals surface area contributed by atoms with E-state index in [1.807, 2.05) is 12.1 Å². The second kappa shape index (κ2) is 3.75. The molecule has 0 bridgehead atoms. The first-order valence-corrected chi connectivity index (χ1v) is 2.65. The van der Waals surface area contributed by atoms with E-state index in [2.05, 4.69) is 5.92 Å². The number of rotatable bonds is 0. The third-order valence-electron chi connectivity index (χ3n) is 1.05. The molecule has 1 aromatic rings. The largest absolute Gasteiger partial charge is 0.399 e. The third kappa shape index (κ3) is 1.96. The van der Waals surface area contributed by atoms with E-state index in [1.165, 1.54) is 0 Å². The topological polar surface area (TPSA) is 26.0 Å². The summed E-state index contributed by atoms with van der Waals surface area (Å²) >= 11 is 0. The second-order valence-corrected chi connectivity index (χ2v) is 1.77. The molecule has 0 spiro atoms. The molecule has 2 heteroatoms. The third-order valence-corrected chi connectivity index (χ3v) is 1.05. The lowest BCUT2D eigenvalue weighted by Crippen LogP contribution is -1.83. The molecular formula is C8H7NSi. The van der Waals surface area contributed by atoms with Crippen LogP contribution in [0.5, 0.6) is 0 Å². The Morgan fingerprint density at radius 3 is 2.50 bits per heavy atom. The van der Waals surface area contributed by atoms with Crippen LogP contribution >= 0.6 is 0 Å². The number of hydrogen-bond acceptors (Lipinski definition) is 1. The molecule has 0 aromatic heterocycles. The fourth-order valence-electron chi connectivity index (χ4n) is 0.628. The van der Waals surface area contributed by atoms with E-state index in [4.69, 9.17) is 12.2 Å². The molecule has 1 nitrogen and oxygen atoms in total. The van der Waals surface area contributed by atoms with Crippen LogP contribution in [0.3, 0.4) is 0 Å². The zero-order valence-electron chi connectivity index (χ0n) is 5.46. The van der Waals surface area contributed by atoms with Gasteiger partial charge in [0, 0.05) is 22.2 Å².